The average Bonchev–Trinajstić information content (AvgIpc) is 2.48. The van der Waals surface area contributed by atoms with Crippen LogP contribution in [0.25, 0.3) is 0 Å². The predicted molar refractivity (Wildman–Crippen MR) is 77.6 cm³/mol. The third-order valence-corrected chi connectivity index (χ3v) is 3.95. The second-order valence-electron chi connectivity index (χ2n) is 5.03. The minimum Gasteiger partial charge on any atom is -0.485 e. The molecule has 3 rings (SSSR count). The monoisotopic (exact) mass is 309 g/mol. The van der Waals surface area contributed by atoms with Crippen molar-refractivity contribution in [2.75, 3.05) is 7.05 Å². The second kappa shape index (κ2) is 5.62. The quantitative estimate of drug-likeness (QED) is 0.887. The maximum Gasteiger partial charge on any atom is 0.130 e. The molecule has 0 saturated carbocycles. The van der Waals surface area contributed by atoms with E-state index < -0.39 is 17.7 Å². The fraction of sp³-hybridized carbons (Fsp3) is 0.250. The molecule has 2 aromatic carbocycles. The summed E-state index contributed by atoms with van der Waals surface area (Å²) in [7, 11) is 1.82. The number of hydrogen-bond acceptors (Lipinski definition) is 2. The number of rotatable bonds is 2. The Labute approximate surface area is 126 Å². The fourth-order valence-electron chi connectivity index (χ4n) is 2.67. The largest absolute Gasteiger partial charge is 0.485 e. The number of hydrogen-bond donors (Lipinski definition) is 1. The molecule has 0 amide bonds. The van der Waals surface area contributed by atoms with Crippen molar-refractivity contribution >= 4 is 11.6 Å². The summed E-state index contributed by atoms with van der Waals surface area (Å²) in [4.78, 5) is 0. The SMILES string of the molecule is CNC1CC(c2cc(F)ccc2F)Oc2ccc(Cl)cc21. The average molecular weight is 310 g/mol. The molecule has 1 aliphatic heterocycles. The highest BCUT2D eigenvalue weighted by Crippen LogP contribution is 2.42. The molecule has 110 valence electrons. The van der Waals surface area contributed by atoms with Crippen molar-refractivity contribution in [3.63, 3.8) is 0 Å². The van der Waals surface area contributed by atoms with E-state index >= 15 is 0 Å². The molecule has 21 heavy (non-hydrogen) atoms. The first-order valence-corrected chi connectivity index (χ1v) is 7.04. The Morgan fingerprint density at radius 2 is 1.95 bits per heavy atom. The van der Waals surface area contributed by atoms with Gasteiger partial charge in [0.2, 0.25) is 0 Å². The van der Waals surface area contributed by atoms with Crippen LogP contribution in [0.1, 0.15) is 29.7 Å². The van der Waals surface area contributed by atoms with E-state index in [1.165, 1.54) is 6.07 Å². The van der Waals surface area contributed by atoms with Crippen LogP contribution in [0.15, 0.2) is 36.4 Å². The van der Waals surface area contributed by atoms with Gasteiger partial charge in [0.25, 0.3) is 0 Å². The smallest absolute Gasteiger partial charge is 0.130 e. The van der Waals surface area contributed by atoms with Gasteiger partial charge in [-0.3, -0.25) is 0 Å². The lowest BCUT2D eigenvalue weighted by molar-refractivity contribution is 0.149. The Bertz CT molecular complexity index is 677. The molecular weight excluding hydrogens is 296 g/mol. The van der Waals surface area contributed by atoms with Gasteiger partial charge in [-0.2, -0.15) is 0 Å². The van der Waals surface area contributed by atoms with E-state index in [0.29, 0.717) is 17.2 Å². The van der Waals surface area contributed by atoms with E-state index in [0.717, 1.165) is 17.7 Å². The first-order valence-electron chi connectivity index (χ1n) is 6.67. The third-order valence-electron chi connectivity index (χ3n) is 3.72. The molecule has 0 aromatic heterocycles. The lowest BCUT2D eigenvalue weighted by Gasteiger charge is -2.32. The molecule has 2 atom stereocenters. The summed E-state index contributed by atoms with van der Waals surface area (Å²) >= 11 is 6.01. The Hall–Kier alpha value is -1.65. The lowest BCUT2D eigenvalue weighted by atomic mass is 9.93. The van der Waals surface area contributed by atoms with Gasteiger partial charge in [-0.15, -0.1) is 0 Å². The standard InChI is InChI=1S/C16H14ClF2NO/c1-20-14-8-16(11-7-10(18)3-4-13(11)19)21-15-5-2-9(17)6-12(14)15/h2-7,14,16,20H,8H2,1H3. The van der Waals surface area contributed by atoms with Gasteiger partial charge in [0, 0.05) is 28.6 Å². The maximum absolute atomic E-state index is 13.9. The number of nitrogens with one attached hydrogen (secondary N) is 1. The van der Waals surface area contributed by atoms with E-state index in [9.17, 15) is 8.78 Å². The van der Waals surface area contributed by atoms with Gasteiger partial charge < -0.3 is 10.1 Å². The normalized spacial score (nSPS) is 20.8. The predicted octanol–water partition coefficient (Wildman–Crippen LogP) is 4.40. The van der Waals surface area contributed by atoms with Gasteiger partial charge in [0.05, 0.1) is 0 Å². The highest BCUT2D eigenvalue weighted by atomic mass is 35.5. The number of benzene rings is 2. The van der Waals surface area contributed by atoms with Gasteiger partial charge in [0.1, 0.15) is 23.5 Å². The number of fused-ring (bicyclic) bond motifs is 1. The molecule has 2 nitrogen and oxygen atoms in total. The second-order valence-corrected chi connectivity index (χ2v) is 5.47. The first-order chi connectivity index (χ1) is 10.1. The van der Waals surface area contributed by atoms with Crippen LogP contribution in [-0.4, -0.2) is 7.05 Å². The van der Waals surface area contributed by atoms with E-state index in [1.807, 2.05) is 13.1 Å². The van der Waals surface area contributed by atoms with Crippen LogP contribution < -0.4 is 10.1 Å². The minimum atomic E-state index is -0.535. The summed E-state index contributed by atoms with van der Waals surface area (Å²) in [5.41, 5.74) is 1.16. The fourth-order valence-corrected chi connectivity index (χ4v) is 2.85. The molecule has 0 radical (unpaired) electrons. The molecule has 0 aliphatic carbocycles. The Morgan fingerprint density at radius 3 is 2.71 bits per heavy atom. The van der Waals surface area contributed by atoms with Crippen molar-refractivity contribution in [1.82, 2.24) is 5.32 Å². The van der Waals surface area contributed by atoms with Crippen molar-refractivity contribution in [1.29, 1.82) is 0 Å². The van der Waals surface area contributed by atoms with Crippen LogP contribution in [-0.2, 0) is 0 Å². The third kappa shape index (κ3) is 2.74. The van der Waals surface area contributed by atoms with E-state index in [1.54, 1.807) is 12.1 Å². The molecular formula is C16H14ClF2NO. The Balaban J connectivity index is 2.00. The van der Waals surface area contributed by atoms with Crippen LogP contribution in [0.4, 0.5) is 8.78 Å². The molecule has 0 bridgehead atoms. The first kappa shape index (κ1) is 14.3. The summed E-state index contributed by atoms with van der Waals surface area (Å²) in [6.07, 6.45) is -0.0312. The summed E-state index contributed by atoms with van der Waals surface area (Å²) in [5, 5.41) is 3.78. The number of halogens is 3. The highest BCUT2D eigenvalue weighted by Gasteiger charge is 2.30. The van der Waals surface area contributed by atoms with Crippen molar-refractivity contribution < 1.29 is 13.5 Å². The number of ether oxygens (including phenoxy) is 1. The van der Waals surface area contributed by atoms with Crippen molar-refractivity contribution in [3.8, 4) is 5.75 Å². The maximum atomic E-state index is 13.9. The highest BCUT2D eigenvalue weighted by molar-refractivity contribution is 6.30. The Kier molecular flexibility index (Phi) is 3.83. The van der Waals surface area contributed by atoms with Crippen molar-refractivity contribution in [3.05, 3.63) is 64.2 Å². The van der Waals surface area contributed by atoms with E-state index in [-0.39, 0.29) is 11.6 Å². The summed E-state index contributed by atoms with van der Waals surface area (Å²) < 4.78 is 33.1. The molecule has 2 unspecified atom stereocenters. The topological polar surface area (TPSA) is 21.3 Å². The van der Waals surface area contributed by atoms with Gasteiger partial charge in [0.15, 0.2) is 0 Å². The molecule has 0 fully saturated rings. The molecule has 1 heterocycles. The zero-order valence-corrected chi connectivity index (χ0v) is 12.1. The molecule has 2 aromatic rings. The van der Waals surface area contributed by atoms with Crippen LogP contribution in [0.5, 0.6) is 5.75 Å². The minimum absolute atomic E-state index is 0.0277. The molecule has 1 aliphatic rings. The molecule has 5 heteroatoms. The summed E-state index contributed by atoms with van der Waals surface area (Å²) in [6.45, 7) is 0. The van der Waals surface area contributed by atoms with Gasteiger partial charge in [-0.25, -0.2) is 8.78 Å². The van der Waals surface area contributed by atoms with E-state index in [4.69, 9.17) is 16.3 Å². The van der Waals surface area contributed by atoms with Crippen LogP contribution in [0.3, 0.4) is 0 Å². The van der Waals surface area contributed by atoms with Crippen LogP contribution >= 0.6 is 11.6 Å². The summed E-state index contributed by atoms with van der Waals surface area (Å²) in [6, 6.07) is 8.69. The van der Waals surface area contributed by atoms with Crippen molar-refractivity contribution in [2.45, 2.75) is 18.6 Å². The zero-order chi connectivity index (χ0) is 15.0. The zero-order valence-electron chi connectivity index (χ0n) is 11.4. The summed E-state index contributed by atoms with van der Waals surface area (Å²) in [5.74, 6) is -0.301. The molecule has 0 spiro atoms. The van der Waals surface area contributed by atoms with Crippen molar-refractivity contribution in [2.24, 2.45) is 0 Å². The lowest BCUT2D eigenvalue weighted by Crippen LogP contribution is -2.27. The van der Waals surface area contributed by atoms with Gasteiger partial charge in [-0.05, 0) is 43.4 Å². The van der Waals surface area contributed by atoms with Crippen LogP contribution in [0, 0.1) is 11.6 Å². The molecule has 0 saturated heterocycles. The van der Waals surface area contributed by atoms with Gasteiger partial charge >= 0.3 is 0 Å². The molecule has 1 N–H and O–H groups in total. The van der Waals surface area contributed by atoms with Crippen LogP contribution in [0.2, 0.25) is 5.02 Å². The van der Waals surface area contributed by atoms with Gasteiger partial charge in [-0.1, -0.05) is 11.6 Å². The van der Waals surface area contributed by atoms with E-state index in [2.05, 4.69) is 5.32 Å². The Morgan fingerprint density at radius 1 is 1.14 bits per heavy atom.